The normalized spacial score (nSPS) is 24.5. The molecular weight excluding hydrogens is 478 g/mol. The van der Waals surface area contributed by atoms with Gasteiger partial charge in [-0.3, -0.25) is 4.79 Å². The Morgan fingerprint density at radius 1 is 0.974 bits per heavy atom. The zero-order valence-electron chi connectivity index (χ0n) is 21.8. The standard InChI is InChI=1S/C32H33NO5/c1-35-27-14-13-23-17-25-24-18-28(36-2)26(34)19-32(24,15-16-33-25)29(23)30(27)38-31(22-11-7-4-8-12-22)37-20-21-9-5-3-6-10-21/h3-14,18,24-25,31,33H,15-17,19-20H2,1-2H3/t24?,25-,31?,32+/m0/s1. The van der Waals surface area contributed by atoms with E-state index < -0.39 is 11.7 Å². The van der Waals surface area contributed by atoms with Crippen LogP contribution in [0.5, 0.6) is 11.5 Å². The van der Waals surface area contributed by atoms with E-state index in [1.165, 1.54) is 5.56 Å². The highest BCUT2D eigenvalue weighted by molar-refractivity contribution is 5.96. The Hall–Kier alpha value is -3.61. The van der Waals surface area contributed by atoms with Gasteiger partial charge in [0.05, 0.1) is 20.8 Å². The summed E-state index contributed by atoms with van der Waals surface area (Å²) in [6.45, 7) is 1.24. The molecule has 1 heterocycles. The van der Waals surface area contributed by atoms with Gasteiger partial charge in [0.15, 0.2) is 23.0 Å². The number of fused-ring (bicyclic) bond motifs is 1. The zero-order chi connectivity index (χ0) is 26.1. The summed E-state index contributed by atoms with van der Waals surface area (Å²) in [5.74, 6) is 1.92. The molecule has 0 radical (unpaired) electrons. The van der Waals surface area contributed by atoms with E-state index in [1.807, 2.05) is 72.8 Å². The highest BCUT2D eigenvalue weighted by Gasteiger charge is 2.55. The smallest absolute Gasteiger partial charge is 0.227 e. The number of hydrogen-bond donors (Lipinski definition) is 1. The number of nitrogens with one attached hydrogen (secondary N) is 1. The number of carbonyl (C=O) groups excluding carboxylic acids is 1. The van der Waals surface area contributed by atoms with Crippen LogP contribution in [-0.4, -0.2) is 32.6 Å². The molecule has 0 aromatic heterocycles. The number of benzene rings is 3. The number of piperidine rings is 1. The third kappa shape index (κ3) is 4.28. The molecule has 0 spiro atoms. The quantitative estimate of drug-likeness (QED) is 0.416. The van der Waals surface area contributed by atoms with Gasteiger partial charge < -0.3 is 24.3 Å². The molecule has 3 aromatic rings. The monoisotopic (exact) mass is 511 g/mol. The third-order valence-corrected chi connectivity index (χ3v) is 8.26. The van der Waals surface area contributed by atoms with Crippen LogP contribution in [0.2, 0.25) is 0 Å². The van der Waals surface area contributed by atoms with Crippen molar-refractivity contribution in [3.63, 3.8) is 0 Å². The zero-order valence-corrected chi connectivity index (χ0v) is 21.8. The molecule has 6 rings (SSSR count). The van der Waals surface area contributed by atoms with Crippen LogP contribution >= 0.6 is 0 Å². The largest absolute Gasteiger partial charge is 0.493 e. The molecule has 1 N–H and O–H groups in total. The fraction of sp³-hybridized carbons (Fsp3) is 0.344. The molecule has 196 valence electrons. The predicted molar refractivity (Wildman–Crippen MR) is 144 cm³/mol. The molecule has 4 atom stereocenters. The van der Waals surface area contributed by atoms with Gasteiger partial charge in [-0.25, -0.2) is 0 Å². The van der Waals surface area contributed by atoms with Crippen LogP contribution in [0.15, 0.2) is 84.6 Å². The van der Waals surface area contributed by atoms with E-state index in [9.17, 15) is 4.79 Å². The Balaban J connectivity index is 1.45. The second-order valence-corrected chi connectivity index (χ2v) is 10.3. The van der Waals surface area contributed by atoms with E-state index >= 15 is 0 Å². The van der Waals surface area contributed by atoms with Crippen LogP contribution in [0.1, 0.15) is 41.4 Å². The number of hydrogen-bond acceptors (Lipinski definition) is 6. The summed E-state index contributed by atoms with van der Waals surface area (Å²) < 4.78 is 24.6. The van der Waals surface area contributed by atoms with Crippen molar-refractivity contribution in [2.24, 2.45) is 5.92 Å². The van der Waals surface area contributed by atoms with E-state index in [0.717, 1.165) is 36.1 Å². The van der Waals surface area contributed by atoms with Crippen LogP contribution in [0, 0.1) is 5.92 Å². The Bertz CT molecular complexity index is 1340. The first-order valence-electron chi connectivity index (χ1n) is 13.2. The summed E-state index contributed by atoms with van der Waals surface area (Å²) in [5, 5.41) is 3.69. The predicted octanol–water partition coefficient (Wildman–Crippen LogP) is 5.26. The molecule has 3 aromatic carbocycles. The Kier molecular flexibility index (Phi) is 6.68. The molecule has 3 aliphatic rings. The van der Waals surface area contributed by atoms with Crippen molar-refractivity contribution < 1.29 is 23.7 Å². The van der Waals surface area contributed by atoms with Gasteiger partial charge >= 0.3 is 0 Å². The average molecular weight is 512 g/mol. The van der Waals surface area contributed by atoms with Crippen molar-refractivity contribution in [3.8, 4) is 11.5 Å². The maximum Gasteiger partial charge on any atom is 0.227 e. The molecule has 1 fully saturated rings. The minimum absolute atomic E-state index is 0.0333. The minimum Gasteiger partial charge on any atom is -0.493 e. The van der Waals surface area contributed by atoms with E-state index in [-0.39, 0.29) is 17.7 Å². The average Bonchev–Trinajstić information content (AvgIpc) is 2.95. The lowest BCUT2D eigenvalue weighted by molar-refractivity contribution is -0.122. The van der Waals surface area contributed by atoms with Crippen LogP contribution in [0.3, 0.4) is 0 Å². The number of methoxy groups -OCH3 is 2. The van der Waals surface area contributed by atoms with Crippen molar-refractivity contribution in [2.75, 3.05) is 20.8 Å². The molecule has 2 aliphatic carbocycles. The van der Waals surface area contributed by atoms with E-state index in [4.69, 9.17) is 18.9 Å². The van der Waals surface area contributed by atoms with Crippen LogP contribution < -0.4 is 14.8 Å². The summed E-state index contributed by atoms with van der Waals surface area (Å²) in [6.07, 6.45) is 3.42. The maximum absolute atomic E-state index is 13.2. The van der Waals surface area contributed by atoms with Crippen LogP contribution in [-0.2, 0) is 32.7 Å². The lowest BCUT2D eigenvalue weighted by atomic mass is 9.54. The van der Waals surface area contributed by atoms with E-state index in [2.05, 4.69) is 11.4 Å². The van der Waals surface area contributed by atoms with Crippen molar-refractivity contribution in [1.29, 1.82) is 0 Å². The molecule has 6 heteroatoms. The van der Waals surface area contributed by atoms with Crippen LogP contribution in [0.4, 0.5) is 0 Å². The number of rotatable bonds is 8. The molecule has 6 nitrogen and oxygen atoms in total. The summed E-state index contributed by atoms with van der Waals surface area (Å²) in [5.41, 5.74) is 3.84. The molecule has 1 saturated heterocycles. The first-order valence-corrected chi connectivity index (χ1v) is 13.2. The van der Waals surface area contributed by atoms with E-state index in [0.29, 0.717) is 30.3 Å². The Morgan fingerprint density at radius 2 is 1.74 bits per heavy atom. The number of ketones is 1. The molecule has 1 aliphatic heterocycles. The number of Topliss-reactive ketones (excluding diaryl/α,β-unsaturated/α-hetero) is 1. The summed E-state index contributed by atoms with van der Waals surface area (Å²) in [4.78, 5) is 13.2. The molecule has 38 heavy (non-hydrogen) atoms. The summed E-state index contributed by atoms with van der Waals surface area (Å²) in [6, 6.07) is 24.4. The summed E-state index contributed by atoms with van der Waals surface area (Å²) >= 11 is 0. The fourth-order valence-corrected chi connectivity index (χ4v) is 6.53. The minimum atomic E-state index is -0.657. The maximum atomic E-state index is 13.2. The van der Waals surface area contributed by atoms with Gasteiger partial charge in [-0.1, -0.05) is 66.7 Å². The van der Waals surface area contributed by atoms with Gasteiger partial charge in [0, 0.05) is 34.9 Å². The Labute approximate surface area is 223 Å². The van der Waals surface area contributed by atoms with Gasteiger partial charge in [0.1, 0.15) is 0 Å². The van der Waals surface area contributed by atoms with Crippen molar-refractivity contribution in [3.05, 3.63) is 107 Å². The topological polar surface area (TPSA) is 66.0 Å². The molecule has 2 bridgehead atoms. The highest BCUT2D eigenvalue weighted by Crippen LogP contribution is 2.57. The lowest BCUT2D eigenvalue weighted by Crippen LogP contribution is -2.60. The molecular formula is C32H33NO5. The number of carbonyl (C=O) groups is 1. The second kappa shape index (κ2) is 10.3. The van der Waals surface area contributed by atoms with Gasteiger partial charge in [-0.2, -0.15) is 0 Å². The van der Waals surface area contributed by atoms with Crippen LogP contribution in [0.25, 0.3) is 0 Å². The van der Waals surface area contributed by atoms with Gasteiger partial charge in [-0.15, -0.1) is 0 Å². The third-order valence-electron chi connectivity index (χ3n) is 8.26. The summed E-state index contributed by atoms with van der Waals surface area (Å²) in [7, 11) is 3.24. The molecule has 0 amide bonds. The van der Waals surface area contributed by atoms with Crippen molar-refractivity contribution >= 4 is 5.78 Å². The number of ether oxygens (including phenoxy) is 4. The SMILES string of the molecule is COC1=CC2[C@@H]3Cc4ccc(OC)c(OC(OCc5ccccc5)c5ccccc5)c4[C@]2(CCN3)CC1=O. The fourth-order valence-electron chi connectivity index (χ4n) is 6.53. The molecule has 0 saturated carbocycles. The number of allylic oxidation sites excluding steroid dienone is 1. The van der Waals surface area contributed by atoms with Gasteiger partial charge in [0.25, 0.3) is 0 Å². The highest BCUT2D eigenvalue weighted by atomic mass is 16.7. The first kappa shape index (κ1) is 24.7. The first-order chi connectivity index (χ1) is 18.6. The van der Waals surface area contributed by atoms with Crippen molar-refractivity contribution in [2.45, 2.75) is 43.6 Å². The van der Waals surface area contributed by atoms with Crippen molar-refractivity contribution in [1.82, 2.24) is 5.32 Å². The van der Waals surface area contributed by atoms with Gasteiger partial charge in [-0.05, 0) is 42.7 Å². The second-order valence-electron chi connectivity index (χ2n) is 10.3. The molecule has 2 unspecified atom stereocenters. The lowest BCUT2D eigenvalue weighted by Gasteiger charge is -2.54. The van der Waals surface area contributed by atoms with Gasteiger partial charge in [0.2, 0.25) is 6.29 Å². The van der Waals surface area contributed by atoms with E-state index in [1.54, 1.807) is 14.2 Å². The Morgan fingerprint density at radius 3 is 2.47 bits per heavy atom.